The maximum atomic E-state index is 15.5. The lowest BCUT2D eigenvalue weighted by Crippen LogP contribution is -2.52. The van der Waals surface area contributed by atoms with Crippen molar-refractivity contribution in [3.8, 4) is 0 Å². The van der Waals surface area contributed by atoms with E-state index >= 15 is 8.78 Å². The zero-order chi connectivity index (χ0) is 26.3. The highest BCUT2D eigenvalue weighted by atomic mass is 35.5. The van der Waals surface area contributed by atoms with Crippen molar-refractivity contribution in [3.05, 3.63) is 93.7 Å². The summed E-state index contributed by atoms with van der Waals surface area (Å²) in [5.41, 5.74) is 6.10. The zero-order valence-corrected chi connectivity index (χ0v) is 21.7. The van der Waals surface area contributed by atoms with Crippen LogP contribution in [0.4, 0.5) is 14.5 Å². The van der Waals surface area contributed by atoms with E-state index in [2.05, 4.69) is 15.6 Å². The SMILES string of the molecule is CC(C)(C)C[C@@H]1N[C@@H](C(=O)Nc2cccnc2)[C@H](c2cccc(Cl)c2F)[C@@]1(N)c1ccc(Cl)cc1F. The molecule has 1 amide bonds. The van der Waals surface area contributed by atoms with Gasteiger partial charge in [-0.05, 0) is 47.7 Å². The molecule has 1 aliphatic heterocycles. The summed E-state index contributed by atoms with van der Waals surface area (Å²) < 4.78 is 31.0. The van der Waals surface area contributed by atoms with Gasteiger partial charge in [-0.2, -0.15) is 0 Å². The molecule has 9 heteroatoms. The van der Waals surface area contributed by atoms with E-state index in [0.29, 0.717) is 12.1 Å². The number of amides is 1. The highest BCUT2D eigenvalue weighted by molar-refractivity contribution is 6.31. The fourth-order valence-electron chi connectivity index (χ4n) is 5.06. The van der Waals surface area contributed by atoms with E-state index in [0.717, 1.165) is 0 Å². The van der Waals surface area contributed by atoms with E-state index in [1.165, 1.54) is 36.5 Å². The van der Waals surface area contributed by atoms with E-state index < -0.39 is 41.1 Å². The number of hydrogen-bond acceptors (Lipinski definition) is 4. The number of nitrogens with zero attached hydrogens (tertiary/aromatic N) is 1. The molecule has 1 aliphatic rings. The maximum absolute atomic E-state index is 15.5. The predicted octanol–water partition coefficient (Wildman–Crippen LogP) is 6.02. The molecule has 1 saturated heterocycles. The van der Waals surface area contributed by atoms with Crippen LogP contribution in [0.15, 0.2) is 60.9 Å². The van der Waals surface area contributed by atoms with Crippen LogP contribution in [-0.4, -0.2) is 23.0 Å². The van der Waals surface area contributed by atoms with Crippen molar-refractivity contribution in [2.45, 2.75) is 50.7 Å². The van der Waals surface area contributed by atoms with Crippen molar-refractivity contribution in [1.29, 1.82) is 0 Å². The van der Waals surface area contributed by atoms with Gasteiger partial charge >= 0.3 is 0 Å². The quantitative estimate of drug-likeness (QED) is 0.375. The standard InChI is InChI=1S/C27H28Cl2F2N4O/c1-26(2,3)13-21-27(32,18-10-9-15(28)12-20(18)30)22(17-7-4-8-19(29)23(17)31)24(35-21)25(36)34-16-6-5-11-33-14-16/h4-12,14,21-22,24,35H,13,32H2,1-3H3,(H,34,36)/t21-,22-,24+,27+/m0/s1. The molecule has 0 spiro atoms. The van der Waals surface area contributed by atoms with Crippen LogP contribution in [0.3, 0.4) is 0 Å². The maximum Gasteiger partial charge on any atom is 0.242 e. The van der Waals surface area contributed by atoms with Gasteiger partial charge in [-0.15, -0.1) is 0 Å². The van der Waals surface area contributed by atoms with Gasteiger partial charge in [-0.25, -0.2) is 8.78 Å². The van der Waals surface area contributed by atoms with Gasteiger partial charge in [0.2, 0.25) is 5.91 Å². The van der Waals surface area contributed by atoms with Crippen LogP contribution < -0.4 is 16.4 Å². The summed E-state index contributed by atoms with van der Waals surface area (Å²) in [7, 11) is 0. The largest absolute Gasteiger partial charge is 0.323 e. The van der Waals surface area contributed by atoms with Crippen LogP contribution in [0.25, 0.3) is 0 Å². The first kappa shape index (κ1) is 26.5. The number of nitrogens with two attached hydrogens (primary N) is 1. The van der Waals surface area contributed by atoms with E-state index in [1.54, 1.807) is 24.4 Å². The molecule has 190 valence electrons. The van der Waals surface area contributed by atoms with Crippen molar-refractivity contribution in [2.75, 3.05) is 5.32 Å². The third kappa shape index (κ3) is 5.11. The van der Waals surface area contributed by atoms with Crippen molar-refractivity contribution in [1.82, 2.24) is 10.3 Å². The summed E-state index contributed by atoms with van der Waals surface area (Å²) in [6.07, 6.45) is 3.56. The van der Waals surface area contributed by atoms with Crippen molar-refractivity contribution in [2.24, 2.45) is 11.1 Å². The molecule has 1 fully saturated rings. The van der Waals surface area contributed by atoms with Gasteiger partial charge < -0.3 is 16.4 Å². The highest BCUT2D eigenvalue weighted by Gasteiger charge is 2.58. The lowest BCUT2D eigenvalue weighted by Gasteiger charge is -2.40. The van der Waals surface area contributed by atoms with E-state index in [4.69, 9.17) is 28.9 Å². The Balaban J connectivity index is 1.92. The lowest BCUT2D eigenvalue weighted by atomic mass is 9.68. The first-order valence-corrected chi connectivity index (χ1v) is 12.3. The molecule has 1 aromatic heterocycles. The summed E-state index contributed by atoms with van der Waals surface area (Å²) >= 11 is 12.2. The number of nitrogens with one attached hydrogen (secondary N) is 2. The topological polar surface area (TPSA) is 80.0 Å². The van der Waals surface area contributed by atoms with Gasteiger partial charge in [0.05, 0.1) is 28.5 Å². The van der Waals surface area contributed by atoms with Gasteiger partial charge in [-0.1, -0.05) is 62.2 Å². The first-order valence-electron chi connectivity index (χ1n) is 11.6. The third-order valence-electron chi connectivity index (χ3n) is 6.55. The number of pyridine rings is 1. The molecule has 0 unspecified atom stereocenters. The summed E-state index contributed by atoms with van der Waals surface area (Å²) in [6.45, 7) is 6.06. The van der Waals surface area contributed by atoms with Crippen LogP contribution in [0.5, 0.6) is 0 Å². The molecular formula is C27H28Cl2F2N4O. The Hall–Kier alpha value is -2.58. The Morgan fingerprint density at radius 2 is 1.92 bits per heavy atom. The van der Waals surface area contributed by atoms with Crippen molar-refractivity contribution in [3.63, 3.8) is 0 Å². The lowest BCUT2D eigenvalue weighted by molar-refractivity contribution is -0.118. The monoisotopic (exact) mass is 532 g/mol. The molecule has 4 N–H and O–H groups in total. The summed E-state index contributed by atoms with van der Waals surface area (Å²) in [4.78, 5) is 17.7. The summed E-state index contributed by atoms with van der Waals surface area (Å²) in [6, 6.07) is 10.5. The van der Waals surface area contributed by atoms with Gasteiger partial charge in [0, 0.05) is 28.7 Å². The van der Waals surface area contributed by atoms with Gasteiger partial charge in [0.1, 0.15) is 11.6 Å². The Kier molecular flexibility index (Phi) is 7.40. The molecule has 4 rings (SSSR count). The second-order valence-corrected chi connectivity index (χ2v) is 11.2. The molecule has 0 radical (unpaired) electrons. The molecule has 2 aromatic carbocycles. The number of carbonyl (C=O) groups is 1. The zero-order valence-electron chi connectivity index (χ0n) is 20.2. The summed E-state index contributed by atoms with van der Waals surface area (Å²) in [5.74, 6) is -2.79. The Morgan fingerprint density at radius 3 is 2.56 bits per heavy atom. The molecule has 4 atom stereocenters. The molecule has 2 heterocycles. The smallest absolute Gasteiger partial charge is 0.242 e. The number of aromatic nitrogens is 1. The first-order chi connectivity index (χ1) is 16.9. The van der Waals surface area contributed by atoms with Crippen LogP contribution in [0, 0.1) is 17.0 Å². The molecule has 3 aromatic rings. The van der Waals surface area contributed by atoms with Crippen molar-refractivity contribution >= 4 is 34.8 Å². The number of halogens is 4. The number of benzene rings is 2. The molecule has 0 saturated carbocycles. The Morgan fingerprint density at radius 1 is 1.17 bits per heavy atom. The highest BCUT2D eigenvalue weighted by Crippen LogP contribution is 2.50. The molecule has 5 nitrogen and oxygen atoms in total. The minimum absolute atomic E-state index is 0.114. The summed E-state index contributed by atoms with van der Waals surface area (Å²) in [5, 5.41) is 6.24. The van der Waals surface area contributed by atoms with Crippen LogP contribution in [0.1, 0.15) is 44.2 Å². The van der Waals surface area contributed by atoms with E-state index in [9.17, 15) is 4.79 Å². The second kappa shape index (κ2) is 10.1. The minimum atomic E-state index is -1.52. The van der Waals surface area contributed by atoms with E-state index in [1.807, 2.05) is 20.8 Å². The van der Waals surface area contributed by atoms with Crippen molar-refractivity contribution < 1.29 is 13.6 Å². The van der Waals surface area contributed by atoms with Gasteiger partial charge in [0.15, 0.2) is 0 Å². The number of hydrogen-bond donors (Lipinski definition) is 3. The molecule has 0 bridgehead atoms. The fourth-order valence-corrected chi connectivity index (χ4v) is 5.40. The van der Waals surface area contributed by atoms with Gasteiger partial charge in [-0.3, -0.25) is 9.78 Å². The van der Waals surface area contributed by atoms with Crippen LogP contribution in [-0.2, 0) is 10.3 Å². The second-order valence-electron chi connectivity index (χ2n) is 10.4. The van der Waals surface area contributed by atoms with E-state index in [-0.39, 0.29) is 26.6 Å². The van der Waals surface area contributed by atoms with Gasteiger partial charge in [0.25, 0.3) is 0 Å². The molecule has 0 aliphatic carbocycles. The Labute approximate surface area is 219 Å². The number of carbonyl (C=O) groups excluding carboxylic acids is 1. The number of anilines is 1. The average molecular weight is 533 g/mol. The predicted molar refractivity (Wildman–Crippen MR) is 139 cm³/mol. The van der Waals surface area contributed by atoms with Crippen LogP contribution >= 0.6 is 23.2 Å². The molecular weight excluding hydrogens is 505 g/mol. The normalized spacial score (nSPS) is 24.1. The average Bonchev–Trinajstić information content (AvgIpc) is 3.07. The number of rotatable bonds is 5. The van der Waals surface area contributed by atoms with Crippen LogP contribution in [0.2, 0.25) is 10.0 Å². The third-order valence-corrected chi connectivity index (χ3v) is 7.07. The fraction of sp³-hybridized carbons (Fsp3) is 0.333. The molecule has 36 heavy (non-hydrogen) atoms. The Bertz CT molecular complexity index is 1270. The minimum Gasteiger partial charge on any atom is -0.323 e.